The Bertz CT molecular complexity index is 241. The first-order valence-electron chi connectivity index (χ1n) is 4.43. The van der Waals surface area contributed by atoms with Crippen molar-refractivity contribution in [1.82, 2.24) is 5.32 Å². The zero-order chi connectivity index (χ0) is 11.4. The highest BCUT2D eigenvalue weighted by molar-refractivity contribution is 8.02. The van der Waals surface area contributed by atoms with Gasteiger partial charge in [0.1, 0.15) is 12.8 Å². The summed E-state index contributed by atoms with van der Waals surface area (Å²) in [4.78, 5) is 0. The summed E-state index contributed by atoms with van der Waals surface area (Å²) in [6.07, 6.45) is -3.78. The van der Waals surface area contributed by atoms with E-state index >= 15 is 0 Å². The molecule has 3 unspecified atom stereocenters. The molecule has 88 valence electrons. The Morgan fingerprint density at radius 2 is 2.20 bits per heavy atom. The van der Waals surface area contributed by atoms with E-state index in [9.17, 15) is 14.6 Å². The predicted molar refractivity (Wildman–Crippen MR) is 53.7 cm³/mol. The van der Waals surface area contributed by atoms with Crippen LogP contribution >= 0.6 is 11.8 Å². The molecular weight excluding hydrogens is 225 g/mol. The molecule has 4 atom stereocenters. The van der Waals surface area contributed by atoms with Gasteiger partial charge in [0.25, 0.3) is 0 Å². The number of nitrogens with one attached hydrogen (secondary N) is 1. The van der Waals surface area contributed by atoms with Crippen LogP contribution in [0.2, 0.25) is 0 Å². The number of hydrogen-bond donors (Lipinski definition) is 5. The first kappa shape index (κ1) is 12.7. The van der Waals surface area contributed by atoms with Crippen molar-refractivity contribution >= 4 is 11.8 Å². The largest absolute Gasteiger partial charge is 0.395 e. The van der Waals surface area contributed by atoms with Gasteiger partial charge in [0.05, 0.1) is 23.7 Å². The zero-order valence-electron chi connectivity index (χ0n) is 7.88. The van der Waals surface area contributed by atoms with Gasteiger partial charge < -0.3 is 25.7 Å². The molecule has 15 heavy (non-hydrogen) atoms. The second kappa shape index (κ2) is 5.66. The first-order valence-corrected chi connectivity index (χ1v) is 5.37. The Hall–Kier alpha value is -0.340. The fourth-order valence-corrected chi connectivity index (χ4v) is 2.12. The summed E-state index contributed by atoms with van der Waals surface area (Å²) in [6, 6.07) is 0. The molecule has 5 N–H and O–H groups in total. The van der Waals surface area contributed by atoms with Crippen LogP contribution in [0.3, 0.4) is 0 Å². The fourth-order valence-electron chi connectivity index (χ4n) is 1.20. The molecule has 0 bridgehead atoms. The smallest absolute Gasteiger partial charge is 0.153 e. The monoisotopic (exact) mass is 239 g/mol. The lowest BCUT2D eigenvalue weighted by Gasteiger charge is -2.31. The molecule has 0 aromatic rings. The lowest BCUT2D eigenvalue weighted by Crippen LogP contribution is -2.46. The van der Waals surface area contributed by atoms with E-state index in [-0.39, 0.29) is 12.3 Å². The highest BCUT2D eigenvalue weighted by Crippen LogP contribution is 2.27. The molecule has 0 amide bonds. The zero-order valence-corrected chi connectivity index (χ0v) is 8.69. The van der Waals surface area contributed by atoms with Gasteiger partial charge >= 0.3 is 0 Å². The molecule has 0 saturated carbocycles. The minimum atomic E-state index is -1.40. The average Bonchev–Trinajstić information content (AvgIpc) is 2.25. The second-order valence-electron chi connectivity index (χ2n) is 3.18. The third kappa shape index (κ3) is 3.05. The Balaban J connectivity index is 2.63. The van der Waals surface area contributed by atoms with Crippen LogP contribution in [0, 0.1) is 0 Å². The van der Waals surface area contributed by atoms with Gasteiger partial charge in [0.2, 0.25) is 0 Å². The molecule has 1 rings (SSSR count). The third-order valence-electron chi connectivity index (χ3n) is 2.05. The molecule has 1 heterocycles. The van der Waals surface area contributed by atoms with Crippen LogP contribution in [-0.2, 0) is 0 Å². The van der Waals surface area contributed by atoms with Gasteiger partial charge in [-0.25, -0.2) is 4.39 Å². The molecule has 0 radical (unpaired) electrons. The van der Waals surface area contributed by atoms with Gasteiger partial charge in [-0.1, -0.05) is 0 Å². The normalized spacial score (nSPS) is 33.4. The molecule has 0 aromatic heterocycles. The van der Waals surface area contributed by atoms with Crippen LogP contribution in [0.4, 0.5) is 4.39 Å². The Morgan fingerprint density at radius 3 is 2.73 bits per heavy atom. The third-order valence-corrected chi connectivity index (χ3v) is 3.22. The summed E-state index contributed by atoms with van der Waals surface area (Å²) in [6.45, 7) is -1.26. The van der Waals surface area contributed by atoms with Crippen LogP contribution in [0.1, 0.15) is 0 Å². The second-order valence-corrected chi connectivity index (χ2v) is 4.29. The van der Waals surface area contributed by atoms with Crippen LogP contribution in [0.15, 0.2) is 11.1 Å². The fraction of sp³-hybridized carbons (Fsp3) is 0.750. The summed E-state index contributed by atoms with van der Waals surface area (Å²) in [5, 5.41) is 40.1. The van der Waals surface area contributed by atoms with Gasteiger partial charge in [-0.3, -0.25) is 0 Å². The molecule has 7 heteroatoms. The quantitative estimate of drug-likeness (QED) is 0.385. The van der Waals surface area contributed by atoms with Crippen LogP contribution in [0.5, 0.6) is 0 Å². The van der Waals surface area contributed by atoms with Crippen LogP contribution in [-0.4, -0.2) is 57.4 Å². The molecule has 5 nitrogen and oxygen atoms in total. The van der Waals surface area contributed by atoms with E-state index in [4.69, 9.17) is 10.2 Å². The average molecular weight is 239 g/mol. The van der Waals surface area contributed by atoms with Gasteiger partial charge in [-0.15, -0.1) is 11.8 Å². The molecule has 0 aromatic carbocycles. The number of thioether (sulfide) groups is 1. The van der Waals surface area contributed by atoms with Gasteiger partial charge in [-0.05, 0) is 5.41 Å². The van der Waals surface area contributed by atoms with E-state index in [1.165, 1.54) is 5.41 Å². The van der Waals surface area contributed by atoms with E-state index in [2.05, 4.69) is 5.32 Å². The number of alkyl halides is 1. The van der Waals surface area contributed by atoms with E-state index in [0.29, 0.717) is 0 Å². The van der Waals surface area contributed by atoms with Gasteiger partial charge in [0, 0.05) is 0 Å². The Kier molecular flexibility index (Phi) is 4.81. The maximum Gasteiger partial charge on any atom is 0.153 e. The highest BCUT2D eigenvalue weighted by atomic mass is 32.2. The van der Waals surface area contributed by atoms with Crippen LogP contribution < -0.4 is 5.32 Å². The molecule has 0 spiro atoms. The minimum absolute atomic E-state index is 0.155. The molecule has 0 fully saturated rings. The molecular formula is C8H14FNO4S. The van der Waals surface area contributed by atoms with Crippen molar-refractivity contribution < 1.29 is 24.8 Å². The van der Waals surface area contributed by atoms with Crippen LogP contribution in [0.25, 0.3) is 0 Å². The molecule has 1 aliphatic heterocycles. The van der Waals surface area contributed by atoms with Crippen molar-refractivity contribution in [2.45, 2.75) is 23.7 Å². The maximum atomic E-state index is 12.0. The van der Waals surface area contributed by atoms with Crippen molar-refractivity contribution in [2.24, 2.45) is 0 Å². The summed E-state index contributed by atoms with van der Waals surface area (Å²) < 4.78 is 12.0. The SMILES string of the molecule is OCC1SC=C(NC(O)CF)C(O)[C@@H]1O. The number of aliphatic hydroxyl groups excluding tert-OH is 4. The van der Waals surface area contributed by atoms with E-state index in [1.807, 2.05) is 0 Å². The maximum absolute atomic E-state index is 12.0. The van der Waals surface area contributed by atoms with Crippen molar-refractivity contribution in [3.8, 4) is 0 Å². The topological polar surface area (TPSA) is 93.0 Å². The number of hydrogen-bond acceptors (Lipinski definition) is 6. The van der Waals surface area contributed by atoms with Gasteiger partial charge in [-0.2, -0.15) is 0 Å². The van der Waals surface area contributed by atoms with Gasteiger partial charge in [0.15, 0.2) is 6.23 Å². The van der Waals surface area contributed by atoms with Crippen molar-refractivity contribution in [3.05, 3.63) is 11.1 Å². The van der Waals surface area contributed by atoms with Crippen molar-refractivity contribution in [2.75, 3.05) is 13.3 Å². The number of rotatable bonds is 4. The first-order chi connectivity index (χ1) is 7.10. The Labute approximate surface area is 90.6 Å². The van der Waals surface area contributed by atoms with E-state index < -0.39 is 30.4 Å². The lowest BCUT2D eigenvalue weighted by molar-refractivity contribution is 0.0172. The number of halogens is 1. The molecule has 0 saturated heterocycles. The van der Waals surface area contributed by atoms with Crippen molar-refractivity contribution in [3.63, 3.8) is 0 Å². The summed E-state index contributed by atoms with van der Waals surface area (Å²) in [5.41, 5.74) is 0.155. The lowest BCUT2D eigenvalue weighted by atomic mass is 10.1. The molecule has 1 aliphatic rings. The molecule has 0 aliphatic carbocycles. The standard InChI is InChI=1S/C8H14FNO4S/c9-1-6(12)10-4-3-15-5(2-11)8(14)7(4)13/h3,5-8,10-14H,1-2H2/t5?,6?,7?,8-/m1/s1. The Morgan fingerprint density at radius 1 is 1.53 bits per heavy atom. The number of aliphatic hydroxyl groups is 4. The summed E-state index contributed by atoms with van der Waals surface area (Å²) in [5.74, 6) is 0. The van der Waals surface area contributed by atoms with E-state index in [1.54, 1.807) is 0 Å². The van der Waals surface area contributed by atoms with E-state index in [0.717, 1.165) is 11.8 Å². The minimum Gasteiger partial charge on any atom is -0.395 e. The van der Waals surface area contributed by atoms with Crippen molar-refractivity contribution in [1.29, 1.82) is 0 Å². The highest BCUT2D eigenvalue weighted by Gasteiger charge is 2.33. The predicted octanol–water partition coefficient (Wildman–Crippen LogP) is -1.47. The summed E-state index contributed by atoms with van der Waals surface area (Å²) in [7, 11) is 0. The summed E-state index contributed by atoms with van der Waals surface area (Å²) >= 11 is 1.12.